The SMILES string of the molecule is CCOC(=O)c1c(O)c2cc(Cl)c(Cl)c(=O)c-2cn1C(C)C. The number of carbonyl (C=O) groups excluding carboxylic acids is 1. The van der Waals surface area contributed by atoms with Crippen molar-refractivity contribution in [2.45, 2.75) is 26.8 Å². The predicted octanol–water partition coefficient (Wildman–Crippen LogP) is 3.72. The molecule has 0 aromatic heterocycles. The highest BCUT2D eigenvalue weighted by Gasteiger charge is 2.26. The van der Waals surface area contributed by atoms with E-state index in [0.29, 0.717) is 0 Å². The van der Waals surface area contributed by atoms with Crippen LogP contribution in [0.5, 0.6) is 5.75 Å². The molecule has 22 heavy (non-hydrogen) atoms. The number of fused-ring (bicyclic) bond motifs is 1. The van der Waals surface area contributed by atoms with Crippen molar-refractivity contribution in [2.75, 3.05) is 6.61 Å². The number of aromatic nitrogens is 1. The molecule has 0 amide bonds. The number of pyridine rings is 1. The topological polar surface area (TPSA) is 68.5 Å². The fourth-order valence-corrected chi connectivity index (χ4v) is 2.55. The van der Waals surface area contributed by atoms with Gasteiger partial charge in [0.25, 0.3) is 0 Å². The summed E-state index contributed by atoms with van der Waals surface area (Å²) in [4.78, 5) is 24.4. The lowest BCUT2D eigenvalue weighted by Gasteiger charge is -2.21. The van der Waals surface area contributed by atoms with Gasteiger partial charge in [0.05, 0.1) is 17.2 Å². The molecule has 0 radical (unpaired) electrons. The largest absolute Gasteiger partial charge is 0.505 e. The Morgan fingerprint density at radius 3 is 2.55 bits per heavy atom. The molecular weight excluding hydrogens is 329 g/mol. The lowest BCUT2D eigenvalue weighted by molar-refractivity contribution is 0.0507. The smallest absolute Gasteiger partial charge is 0.358 e. The summed E-state index contributed by atoms with van der Waals surface area (Å²) in [5.74, 6) is -1.02. The third-order valence-corrected chi connectivity index (χ3v) is 4.02. The summed E-state index contributed by atoms with van der Waals surface area (Å²) in [5, 5.41) is 10.4. The Morgan fingerprint density at radius 2 is 2.00 bits per heavy atom. The van der Waals surface area contributed by atoms with Crippen LogP contribution in [0.2, 0.25) is 10.0 Å². The highest BCUT2D eigenvalue weighted by Crippen LogP contribution is 2.37. The van der Waals surface area contributed by atoms with Crippen molar-refractivity contribution in [1.29, 1.82) is 0 Å². The monoisotopic (exact) mass is 343 g/mol. The first-order valence-corrected chi connectivity index (χ1v) is 7.48. The minimum Gasteiger partial charge on any atom is -0.505 e. The second-order valence-corrected chi connectivity index (χ2v) is 5.80. The van der Waals surface area contributed by atoms with Crippen molar-refractivity contribution < 1.29 is 14.6 Å². The van der Waals surface area contributed by atoms with E-state index in [1.54, 1.807) is 6.92 Å². The molecule has 1 aliphatic carbocycles. The number of carbonyl (C=O) groups is 1. The number of rotatable bonds is 3. The van der Waals surface area contributed by atoms with E-state index >= 15 is 0 Å². The second-order valence-electron chi connectivity index (χ2n) is 5.01. The van der Waals surface area contributed by atoms with E-state index in [9.17, 15) is 14.7 Å². The Hall–Kier alpha value is -1.72. The molecular formula is C15H15Cl2NO4. The zero-order chi connectivity index (χ0) is 16.6. The standard InChI is InChI=1S/C15H15Cl2NO4/c1-4-22-15(21)12-14(20)8-5-10(16)11(17)13(19)9(8)6-18(12)7(2)3/h5-7,20H,4H2,1-3H3. The molecule has 0 aromatic carbocycles. The van der Waals surface area contributed by atoms with Crippen LogP contribution in [0.15, 0.2) is 17.1 Å². The molecule has 118 valence electrons. The van der Waals surface area contributed by atoms with Gasteiger partial charge in [-0.3, -0.25) is 4.79 Å². The minimum absolute atomic E-state index is 0.0200. The van der Waals surface area contributed by atoms with E-state index in [2.05, 4.69) is 0 Å². The Bertz CT molecular complexity index is 767. The molecule has 0 fully saturated rings. The van der Waals surface area contributed by atoms with Gasteiger partial charge in [0.15, 0.2) is 11.4 Å². The molecule has 7 heteroatoms. The summed E-state index contributed by atoms with van der Waals surface area (Å²) in [5.41, 5.74) is -0.167. The van der Waals surface area contributed by atoms with E-state index in [1.165, 1.54) is 16.8 Å². The van der Waals surface area contributed by atoms with Gasteiger partial charge in [-0.15, -0.1) is 0 Å². The zero-order valence-electron chi connectivity index (χ0n) is 12.3. The maximum Gasteiger partial charge on any atom is 0.358 e. The molecule has 1 N–H and O–H groups in total. The summed E-state index contributed by atoms with van der Waals surface area (Å²) in [6.45, 7) is 5.47. The lowest BCUT2D eigenvalue weighted by atomic mass is 10.0. The van der Waals surface area contributed by atoms with Crippen molar-refractivity contribution in [1.82, 2.24) is 4.57 Å². The van der Waals surface area contributed by atoms with Crippen molar-refractivity contribution in [3.8, 4) is 16.9 Å². The maximum absolute atomic E-state index is 12.2. The first-order valence-electron chi connectivity index (χ1n) is 6.72. The second kappa shape index (κ2) is 6.18. The van der Waals surface area contributed by atoms with E-state index in [0.717, 1.165) is 0 Å². The van der Waals surface area contributed by atoms with E-state index in [1.807, 2.05) is 13.8 Å². The van der Waals surface area contributed by atoms with Crippen molar-refractivity contribution in [3.63, 3.8) is 0 Å². The zero-order valence-corrected chi connectivity index (χ0v) is 13.8. The van der Waals surface area contributed by atoms with Gasteiger partial charge < -0.3 is 14.4 Å². The lowest BCUT2D eigenvalue weighted by Crippen LogP contribution is -2.20. The van der Waals surface area contributed by atoms with Gasteiger partial charge in [0.1, 0.15) is 5.02 Å². The number of hydrogen-bond acceptors (Lipinski definition) is 4. The Kier molecular flexibility index (Phi) is 4.68. The number of esters is 1. The maximum atomic E-state index is 12.2. The molecule has 1 heterocycles. The quantitative estimate of drug-likeness (QED) is 0.862. The van der Waals surface area contributed by atoms with Crippen LogP contribution in [0, 0.1) is 0 Å². The fourth-order valence-electron chi connectivity index (χ4n) is 2.20. The third-order valence-electron chi connectivity index (χ3n) is 3.25. The number of nitrogens with zero attached hydrogens (tertiary/aromatic N) is 1. The number of benzene rings is 1. The van der Waals surface area contributed by atoms with Gasteiger partial charge in [-0.2, -0.15) is 0 Å². The van der Waals surface area contributed by atoms with Crippen molar-refractivity contribution in [3.05, 3.63) is 38.2 Å². The fraction of sp³-hybridized carbons (Fsp3) is 0.333. The van der Waals surface area contributed by atoms with Crippen molar-refractivity contribution >= 4 is 29.2 Å². The van der Waals surface area contributed by atoms with Crippen LogP contribution in [0.3, 0.4) is 0 Å². The van der Waals surface area contributed by atoms with Crippen LogP contribution >= 0.6 is 23.2 Å². The number of halogens is 2. The number of aromatic hydroxyl groups is 1. The molecule has 2 rings (SSSR count). The van der Waals surface area contributed by atoms with Gasteiger partial charge in [0.2, 0.25) is 5.43 Å². The Morgan fingerprint density at radius 1 is 1.36 bits per heavy atom. The van der Waals surface area contributed by atoms with Gasteiger partial charge in [-0.05, 0) is 26.8 Å². The summed E-state index contributed by atoms with van der Waals surface area (Å²) >= 11 is 11.8. The van der Waals surface area contributed by atoms with Crippen LogP contribution < -0.4 is 5.43 Å². The molecule has 0 aromatic rings. The minimum atomic E-state index is -0.672. The highest BCUT2D eigenvalue weighted by atomic mass is 35.5. The molecule has 0 spiro atoms. The van der Waals surface area contributed by atoms with E-state index < -0.39 is 11.4 Å². The molecule has 0 unspecified atom stereocenters. The van der Waals surface area contributed by atoms with Gasteiger partial charge in [-0.1, -0.05) is 23.2 Å². The Labute approximate surface area is 137 Å². The summed E-state index contributed by atoms with van der Waals surface area (Å²) < 4.78 is 6.46. The van der Waals surface area contributed by atoms with Crippen LogP contribution in [0.25, 0.3) is 11.1 Å². The molecule has 5 nitrogen and oxygen atoms in total. The van der Waals surface area contributed by atoms with Crippen LogP contribution in [-0.2, 0) is 4.74 Å². The molecule has 0 atom stereocenters. The third kappa shape index (κ3) is 2.66. The average molecular weight is 344 g/mol. The van der Waals surface area contributed by atoms with Crippen LogP contribution in [0.4, 0.5) is 0 Å². The highest BCUT2D eigenvalue weighted by molar-refractivity contribution is 6.42. The Balaban J connectivity index is 2.91. The number of ether oxygens (including phenoxy) is 1. The molecule has 2 aliphatic rings. The van der Waals surface area contributed by atoms with E-state index in [4.69, 9.17) is 27.9 Å². The first-order chi connectivity index (χ1) is 10.3. The summed E-state index contributed by atoms with van der Waals surface area (Å²) in [6, 6.07) is 1.19. The summed E-state index contributed by atoms with van der Waals surface area (Å²) in [6.07, 6.45) is 1.48. The van der Waals surface area contributed by atoms with Gasteiger partial charge >= 0.3 is 5.97 Å². The molecule has 0 saturated heterocycles. The molecule has 0 bridgehead atoms. The van der Waals surface area contributed by atoms with E-state index in [-0.39, 0.29) is 45.3 Å². The van der Waals surface area contributed by atoms with Crippen LogP contribution in [-0.4, -0.2) is 22.2 Å². The van der Waals surface area contributed by atoms with Gasteiger partial charge in [-0.25, -0.2) is 4.79 Å². The average Bonchev–Trinajstić information content (AvgIpc) is 2.45. The first kappa shape index (κ1) is 16.6. The van der Waals surface area contributed by atoms with Gasteiger partial charge in [0, 0.05) is 17.8 Å². The molecule has 1 aliphatic heterocycles. The predicted molar refractivity (Wildman–Crippen MR) is 85.4 cm³/mol. The summed E-state index contributed by atoms with van der Waals surface area (Å²) in [7, 11) is 0. The molecule has 0 saturated carbocycles. The van der Waals surface area contributed by atoms with Crippen molar-refractivity contribution in [2.24, 2.45) is 0 Å². The normalized spacial score (nSPS) is 11.2. The number of hydrogen-bond donors (Lipinski definition) is 1. The van der Waals surface area contributed by atoms with Crippen LogP contribution in [0.1, 0.15) is 37.3 Å².